The Morgan fingerprint density at radius 2 is 1.91 bits per heavy atom. The summed E-state index contributed by atoms with van der Waals surface area (Å²) < 4.78 is 7.73. The molecule has 2 fully saturated rings. The largest absolute Gasteiger partial charge is 0.495 e. The molecule has 0 amide bonds. The zero-order chi connectivity index (χ0) is 23.9. The van der Waals surface area contributed by atoms with E-state index in [9.17, 15) is 0 Å². The van der Waals surface area contributed by atoms with Crippen LogP contribution in [0.5, 0.6) is 5.75 Å². The molecule has 6 rings (SSSR count). The first-order valence-electron chi connectivity index (χ1n) is 12.6. The van der Waals surface area contributed by atoms with Gasteiger partial charge in [-0.2, -0.15) is 0 Å². The second-order valence-electron chi connectivity index (χ2n) is 10.00. The predicted molar refractivity (Wildman–Crippen MR) is 138 cm³/mol. The summed E-state index contributed by atoms with van der Waals surface area (Å²) in [5, 5.41) is 4.71. The van der Waals surface area contributed by atoms with Crippen molar-refractivity contribution in [2.75, 3.05) is 13.7 Å². The Morgan fingerprint density at radius 3 is 2.63 bits per heavy atom. The van der Waals surface area contributed by atoms with Crippen molar-refractivity contribution in [3.8, 4) is 11.4 Å². The molecular formula is C29H32N4O2. The van der Waals surface area contributed by atoms with Gasteiger partial charge < -0.3 is 19.0 Å². The van der Waals surface area contributed by atoms with Crippen LogP contribution in [0, 0.1) is 19.8 Å². The number of ether oxygens (including phenoxy) is 1. The van der Waals surface area contributed by atoms with Gasteiger partial charge in [-0.05, 0) is 80.4 Å². The minimum absolute atomic E-state index is 0.00999. The number of amidine groups is 1. The third kappa shape index (κ3) is 4.22. The molecule has 0 spiro atoms. The van der Waals surface area contributed by atoms with Gasteiger partial charge in [0.15, 0.2) is 11.9 Å². The molecule has 1 saturated heterocycles. The second kappa shape index (κ2) is 8.91. The zero-order valence-corrected chi connectivity index (χ0v) is 20.6. The fraction of sp³-hybridized carbons (Fsp3) is 0.379. The number of hydrogen-bond acceptors (Lipinski definition) is 5. The molecule has 1 aliphatic carbocycles. The predicted octanol–water partition coefficient (Wildman–Crippen LogP) is 5.84. The standard InChI is InChI=1S/C29H32N4O2/c1-19-6-9-23(10-7-19)28-27(22-11-12-22)33-14-4-5-24(29(33)31-35-28)15-21-8-13-25(26(16-21)34-3)32-17-20(2)30-18-32/h6-10,13,15-18,22,27-28H,4-5,11-12,14H2,1-3H3/b24-15+/t27-,28-/m0/s1. The number of methoxy groups -OCH3 is 1. The van der Waals surface area contributed by atoms with Crippen molar-refractivity contribution in [2.45, 2.75) is 51.7 Å². The number of nitrogens with zero attached hydrogens (tertiary/aromatic N) is 4. The van der Waals surface area contributed by atoms with Crippen molar-refractivity contribution < 1.29 is 9.57 Å². The molecule has 2 atom stereocenters. The molecule has 180 valence electrons. The molecule has 2 aliphatic heterocycles. The van der Waals surface area contributed by atoms with Gasteiger partial charge in [0.1, 0.15) is 5.75 Å². The van der Waals surface area contributed by atoms with Crippen LogP contribution in [0.2, 0.25) is 0 Å². The van der Waals surface area contributed by atoms with Crippen molar-refractivity contribution in [1.29, 1.82) is 0 Å². The van der Waals surface area contributed by atoms with Crippen molar-refractivity contribution in [2.24, 2.45) is 11.1 Å². The van der Waals surface area contributed by atoms with Crippen molar-refractivity contribution >= 4 is 11.9 Å². The highest BCUT2D eigenvalue weighted by atomic mass is 16.6. The lowest BCUT2D eigenvalue weighted by Crippen LogP contribution is -2.51. The number of piperidine rings is 1. The monoisotopic (exact) mass is 468 g/mol. The maximum Gasteiger partial charge on any atom is 0.173 e. The van der Waals surface area contributed by atoms with Crippen LogP contribution in [0.15, 0.2) is 65.7 Å². The molecule has 1 aromatic heterocycles. The molecule has 2 aromatic carbocycles. The third-order valence-corrected chi connectivity index (χ3v) is 7.37. The van der Waals surface area contributed by atoms with E-state index in [0.717, 1.165) is 47.9 Å². The molecule has 0 N–H and O–H groups in total. The number of aryl methyl sites for hydroxylation is 2. The summed E-state index contributed by atoms with van der Waals surface area (Å²) in [4.78, 5) is 13.1. The summed E-state index contributed by atoms with van der Waals surface area (Å²) >= 11 is 0. The number of hydrogen-bond donors (Lipinski definition) is 0. The van der Waals surface area contributed by atoms with Crippen molar-refractivity contribution in [1.82, 2.24) is 14.5 Å². The number of oxime groups is 1. The highest BCUT2D eigenvalue weighted by Gasteiger charge is 2.47. The van der Waals surface area contributed by atoms with Crippen molar-refractivity contribution in [3.63, 3.8) is 0 Å². The van der Waals surface area contributed by atoms with E-state index in [1.54, 1.807) is 7.11 Å². The molecule has 0 radical (unpaired) electrons. The van der Waals surface area contributed by atoms with E-state index in [-0.39, 0.29) is 6.10 Å². The van der Waals surface area contributed by atoms with E-state index in [0.29, 0.717) is 12.0 Å². The Labute approximate surface area is 206 Å². The number of benzene rings is 2. The van der Waals surface area contributed by atoms with Gasteiger partial charge in [0.25, 0.3) is 0 Å². The minimum atomic E-state index is -0.00999. The second-order valence-corrected chi connectivity index (χ2v) is 10.00. The summed E-state index contributed by atoms with van der Waals surface area (Å²) in [6, 6.07) is 15.4. The Morgan fingerprint density at radius 1 is 1.09 bits per heavy atom. The summed E-state index contributed by atoms with van der Waals surface area (Å²) in [7, 11) is 1.71. The fourth-order valence-corrected chi connectivity index (χ4v) is 5.42. The Bertz CT molecular complexity index is 1290. The average molecular weight is 469 g/mol. The molecule has 35 heavy (non-hydrogen) atoms. The number of fused-ring (bicyclic) bond motifs is 1. The SMILES string of the molecule is COc1cc(/C=C2\CCCN3C2=NO[C@@H](c2ccc(C)cc2)[C@@H]3C2CC2)ccc1-n1cnc(C)c1. The van der Waals surface area contributed by atoms with Crippen LogP contribution >= 0.6 is 0 Å². The molecule has 3 aromatic rings. The Balaban J connectivity index is 1.32. The minimum Gasteiger partial charge on any atom is -0.495 e. The quantitative estimate of drug-likeness (QED) is 0.472. The van der Waals surface area contributed by atoms with E-state index in [1.165, 1.54) is 29.5 Å². The topological polar surface area (TPSA) is 51.9 Å². The molecule has 6 heteroatoms. The highest BCUT2D eigenvalue weighted by molar-refractivity contribution is 6.03. The summed E-state index contributed by atoms with van der Waals surface area (Å²) in [5.41, 5.74) is 6.78. The van der Waals surface area contributed by atoms with Gasteiger partial charge in [-0.25, -0.2) is 4.98 Å². The Kier molecular flexibility index (Phi) is 5.59. The summed E-state index contributed by atoms with van der Waals surface area (Å²) in [6.07, 6.45) is 10.7. The first-order valence-corrected chi connectivity index (χ1v) is 12.6. The fourth-order valence-electron chi connectivity index (χ4n) is 5.42. The van der Waals surface area contributed by atoms with E-state index >= 15 is 0 Å². The normalized spacial score (nSPS) is 23.0. The molecular weight excluding hydrogens is 436 g/mol. The molecule has 6 nitrogen and oxygen atoms in total. The molecule has 0 unspecified atom stereocenters. The van der Waals surface area contributed by atoms with Gasteiger partial charge in [-0.1, -0.05) is 41.1 Å². The number of aromatic nitrogens is 2. The first-order chi connectivity index (χ1) is 17.1. The van der Waals surface area contributed by atoms with Crippen LogP contribution in [0.1, 0.15) is 54.2 Å². The smallest absolute Gasteiger partial charge is 0.173 e. The van der Waals surface area contributed by atoms with E-state index < -0.39 is 0 Å². The van der Waals surface area contributed by atoms with Crippen LogP contribution in [0.25, 0.3) is 11.8 Å². The summed E-state index contributed by atoms with van der Waals surface area (Å²) in [5.74, 6) is 2.50. The van der Waals surface area contributed by atoms with Crippen molar-refractivity contribution in [3.05, 3.63) is 82.9 Å². The van der Waals surface area contributed by atoms with Gasteiger partial charge in [-0.15, -0.1) is 0 Å². The lowest BCUT2D eigenvalue weighted by molar-refractivity contribution is -0.0293. The maximum absolute atomic E-state index is 6.25. The lowest BCUT2D eigenvalue weighted by Gasteiger charge is -2.44. The maximum atomic E-state index is 6.25. The van der Waals surface area contributed by atoms with Gasteiger partial charge in [-0.3, -0.25) is 0 Å². The number of imidazole rings is 1. The zero-order valence-electron chi connectivity index (χ0n) is 20.6. The first kappa shape index (κ1) is 22.0. The van der Waals surface area contributed by atoms with E-state index in [1.807, 2.05) is 24.0 Å². The lowest BCUT2D eigenvalue weighted by atomic mass is 9.91. The van der Waals surface area contributed by atoms with Crippen LogP contribution in [-0.2, 0) is 4.84 Å². The van der Waals surface area contributed by atoms with Crippen LogP contribution in [0.3, 0.4) is 0 Å². The molecule has 0 bridgehead atoms. The molecule has 1 saturated carbocycles. The van der Waals surface area contributed by atoms with Crippen LogP contribution in [0.4, 0.5) is 0 Å². The highest BCUT2D eigenvalue weighted by Crippen LogP contribution is 2.46. The van der Waals surface area contributed by atoms with Gasteiger partial charge >= 0.3 is 0 Å². The number of rotatable bonds is 5. The van der Waals surface area contributed by atoms with Gasteiger partial charge in [0.2, 0.25) is 0 Å². The molecule has 3 heterocycles. The summed E-state index contributed by atoms with van der Waals surface area (Å²) in [6.45, 7) is 5.15. The van der Waals surface area contributed by atoms with Crippen LogP contribution in [-0.4, -0.2) is 40.0 Å². The average Bonchev–Trinajstić information content (AvgIpc) is 3.63. The molecule has 3 aliphatic rings. The third-order valence-electron chi connectivity index (χ3n) is 7.37. The van der Waals surface area contributed by atoms with Crippen LogP contribution < -0.4 is 4.74 Å². The van der Waals surface area contributed by atoms with E-state index in [2.05, 4.69) is 65.3 Å². The van der Waals surface area contributed by atoms with Gasteiger partial charge in [0.05, 0.1) is 30.9 Å². The van der Waals surface area contributed by atoms with E-state index in [4.69, 9.17) is 14.7 Å². The Hall–Kier alpha value is -3.54. The van der Waals surface area contributed by atoms with Gasteiger partial charge in [0, 0.05) is 12.7 Å².